The van der Waals surface area contributed by atoms with E-state index in [9.17, 15) is 9.59 Å². The van der Waals surface area contributed by atoms with Crippen molar-refractivity contribution in [2.75, 3.05) is 5.32 Å². The highest BCUT2D eigenvalue weighted by atomic mass is 79.9. The summed E-state index contributed by atoms with van der Waals surface area (Å²) in [7, 11) is 0. The van der Waals surface area contributed by atoms with Gasteiger partial charge in [0.25, 0.3) is 5.91 Å². The van der Waals surface area contributed by atoms with E-state index in [-0.39, 0.29) is 17.0 Å². The topological polar surface area (TPSA) is 79.5 Å². The molecule has 0 saturated heterocycles. The van der Waals surface area contributed by atoms with Crippen LogP contribution in [-0.2, 0) is 0 Å². The number of hydrogen-bond acceptors (Lipinski definition) is 3. The predicted octanol–water partition coefficient (Wildman–Crippen LogP) is 3.30. The number of benzene rings is 1. The van der Waals surface area contributed by atoms with Crippen LogP contribution < -0.4 is 5.32 Å². The van der Waals surface area contributed by atoms with Gasteiger partial charge in [-0.3, -0.25) is 4.79 Å². The highest BCUT2D eigenvalue weighted by Gasteiger charge is 2.18. The van der Waals surface area contributed by atoms with Gasteiger partial charge in [-0.2, -0.15) is 0 Å². The van der Waals surface area contributed by atoms with Crippen LogP contribution in [0.15, 0.2) is 39.4 Å². The zero-order valence-corrected chi connectivity index (χ0v) is 11.5. The van der Waals surface area contributed by atoms with Gasteiger partial charge in [0.15, 0.2) is 5.76 Å². The molecule has 1 aromatic heterocycles. The summed E-state index contributed by atoms with van der Waals surface area (Å²) < 4.78 is 5.55. The Kier molecular flexibility index (Phi) is 3.71. The molecule has 19 heavy (non-hydrogen) atoms. The molecule has 1 amide bonds. The van der Waals surface area contributed by atoms with Gasteiger partial charge in [-0.05, 0) is 41.1 Å². The van der Waals surface area contributed by atoms with E-state index in [1.807, 2.05) is 0 Å². The van der Waals surface area contributed by atoms with Gasteiger partial charge in [0.2, 0.25) is 0 Å². The smallest absolute Gasteiger partial charge is 0.337 e. The Morgan fingerprint density at radius 1 is 1.32 bits per heavy atom. The lowest BCUT2D eigenvalue weighted by Crippen LogP contribution is -2.15. The molecule has 1 aromatic carbocycles. The third-order valence-electron chi connectivity index (χ3n) is 2.55. The molecule has 2 rings (SSSR count). The number of rotatable bonds is 3. The van der Waals surface area contributed by atoms with E-state index in [2.05, 4.69) is 21.2 Å². The molecule has 98 valence electrons. The van der Waals surface area contributed by atoms with Crippen molar-refractivity contribution in [1.29, 1.82) is 0 Å². The van der Waals surface area contributed by atoms with Crippen LogP contribution in [0.4, 0.5) is 5.69 Å². The van der Waals surface area contributed by atoms with Crippen LogP contribution in [0.2, 0.25) is 0 Å². The van der Waals surface area contributed by atoms with E-state index in [1.165, 1.54) is 12.3 Å². The molecule has 0 aliphatic carbocycles. The molecule has 5 nitrogen and oxygen atoms in total. The van der Waals surface area contributed by atoms with Crippen molar-refractivity contribution < 1.29 is 19.1 Å². The Balaban J connectivity index is 2.36. The minimum absolute atomic E-state index is 0.00642. The third-order valence-corrected chi connectivity index (χ3v) is 3.21. The van der Waals surface area contributed by atoms with Crippen LogP contribution in [0.25, 0.3) is 0 Å². The first kappa shape index (κ1) is 13.4. The maximum absolute atomic E-state index is 12.0. The molecule has 0 fully saturated rings. The van der Waals surface area contributed by atoms with Crippen molar-refractivity contribution in [3.05, 3.63) is 51.9 Å². The minimum Gasteiger partial charge on any atom is -0.478 e. The molecule has 0 atom stereocenters. The van der Waals surface area contributed by atoms with Crippen molar-refractivity contribution >= 4 is 33.5 Å². The van der Waals surface area contributed by atoms with E-state index in [0.29, 0.717) is 10.0 Å². The van der Waals surface area contributed by atoms with Crippen LogP contribution >= 0.6 is 15.9 Å². The summed E-state index contributed by atoms with van der Waals surface area (Å²) in [6, 6.07) is 6.31. The van der Waals surface area contributed by atoms with E-state index in [1.54, 1.807) is 25.1 Å². The highest BCUT2D eigenvalue weighted by Crippen LogP contribution is 2.27. The summed E-state index contributed by atoms with van der Waals surface area (Å²) in [6.45, 7) is 1.73. The zero-order chi connectivity index (χ0) is 14.0. The molecule has 0 bridgehead atoms. The maximum Gasteiger partial charge on any atom is 0.337 e. The Morgan fingerprint density at radius 3 is 2.63 bits per heavy atom. The molecule has 0 aliphatic rings. The van der Waals surface area contributed by atoms with Crippen molar-refractivity contribution in [1.82, 2.24) is 0 Å². The summed E-state index contributed by atoms with van der Waals surface area (Å²) in [6.07, 6.45) is 1.41. The maximum atomic E-state index is 12.0. The minimum atomic E-state index is -1.12. The molecule has 0 radical (unpaired) electrons. The molecule has 0 unspecified atom stereocenters. The summed E-state index contributed by atoms with van der Waals surface area (Å²) >= 11 is 3.22. The quantitative estimate of drug-likeness (QED) is 0.908. The van der Waals surface area contributed by atoms with Crippen LogP contribution in [-0.4, -0.2) is 17.0 Å². The van der Waals surface area contributed by atoms with Gasteiger partial charge in [-0.25, -0.2) is 4.79 Å². The van der Waals surface area contributed by atoms with Gasteiger partial charge < -0.3 is 14.8 Å². The van der Waals surface area contributed by atoms with E-state index in [0.717, 1.165) is 0 Å². The number of para-hydroxylation sites is 1. The van der Waals surface area contributed by atoms with Gasteiger partial charge in [0.05, 0.1) is 17.5 Å². The van der Waals surface area contributed by atoms with Crippen LogP contribution in [0.1, 0.15) is 26.5 Å². The molecular formula is C13H10BrNO4. The number of aromatic carboxylic acids is 1. The fraction of sp³-hybridized carbons (Fsp3) is 0.0769. The van der Waals surface area contributed by atoms with Gasteiger partial charge in [0.1, 0.15) is 0 Å². The second-order valence-corrected chi connectivity index (χ2v) is 4.71. The average molecular weight is 324 g/mol. The molecule has 2 N–H and O–H groups in total. The molecule has 0 saturated carbocycles. The lowest BCUT2D eigenvalue weighted by molar-refractivity contribution is 0.0698. The summed E-state index contributed by atoms with van der Waals surface area (Å²) in [4.78, 5) is 23.1. The largest absolute Gasteiger partial charge is 0.478 e. The van der Waals surface area contributed by atoms with Crippen molar-refractivity contribution in [2.24, 2.45) is 0 Å². The Labute approximate surface area is 117 Å². The van der Waals surface area contributed by atoms with Crippen molar-refractivity contribution in [3.63, 3.8) is 0 Å². The number of carbonyl (C=O) groups is 2. The normalized spacial score (nSPS) is 10.2. The lowest BCUT2D eigenvalue weighted by Gasteiger charge is -2.09. The fourth-order valence-electron chi connectivity index (χ4n) is 1.61. The number of carboxylic acids is 1. The Morgan fingerprint density at radius 2 is 2.05 bits per heavy atom. The summed E-state index contributed by atoms with van der Waals surface area (Å²) in [5, 5.41) is 11.6. The van der Waals surface area contributed by atoms with Crippen LogP contribution in [0.3, 0.4) is 0 Å². The number of nitrogens with one attached hydrogen (secondary N) is 1. The molecule has 1 heterocycles. The monoisotopic (exact) mass is 323 g/mol. The number of anilines is 1. The second kappa shape index (κ2) is 5.27. The fourth-order valence-corrected chi connectivity index (χ4v) is 2.07. The SMILES string of the molecule is Cc1ccoc1C(=O)Nc1c(Br)cccc1C(=O)O. The Bertz CT molecular complexity index is 648. The third kappa shape index (κ3) is 2.68. The van der Waals surface area contributed by atoms with Crippen LogP contribution in [0.5, 0.6) is 0 Å². The second-order valence-electron chi connectivity index (χ2n) is 3.85. The highest BCUT2D eigenvalue weighted by molar-refractivity contribution is 9.10. The van der Waals surface area contributed by atoms with Crippen molar-refractivity contribution in [3.8, 4) is 0 Å². The lowest BCUT2D eigenvalue weighted by atomic mass is 10.1. The first-order chi connectivity index (χ1) is 9.00. The molecule has 0 spiro atoms. The first-order valence-corrected chi connectivity index (χ1v) is 6.17. The van der Waals surface area contributed by atoms with Gasteiger partial charge in [-0.1, -0.05) is 6.07 Å². The number of halogens is 1. The number of furan rings is 1. The number of amides is 1. The number of aryl methyl sites for hydroxylation is 1. The molecule has 2 aromatic rings. The first-order valence-electron chi connectivity index (χ1n) is 5.38. The summed E-state index contributed by atoms with van der Waals surface area (Å²) in [5.74, 6) is -1.45. The Hall–Kier alpha value is -2.08. The van der Waals surface area contributed by atoms with E-state index < -0.39 is 11.9 Å². The zero-order valence-electron chi connectivity index (χ0n) is 9.94. The molecule has 0 aliphatic heterocycles. The standard InChI is InChI=1S/C13H10BrNO4/c1-7-5-6-19-11(7)12(16)15-10-8(13(17)18)3-2-4-9(10)14/h2-6H,1H3,(H,15,16)(H,17,18). The van der Waals surface area contributed by atoms with Crippen LogP contribution in [0, 0.1) is 6.92 Å². The van der Waals surface area contributed by atoms with E-state index >= 15 is 0 Å². The predicted molar refractivity (Wildman–Crippen MR) is 72.5 cm³/mol. The van der Waals surface area contributed by atoms with Crippen molar-refractivity contribution in [2.45, 2.75) is 6.92 Å². The summed E-state index contributed by atoms with van der Waals surface area (Å²) in [5.41, 5.74) is 0.893. The number of carbonyl (C=O) groups excluding carboxylic acids is 1. The van der Waals surface area contributed by atoms with Gasteiger partial charge in [-0.15, -0.1) is 0 Å². The van der Waals surface area contributed by atoms with Gasteiger partial charge >= 0.3 is 5.97 Å². The van der Waals surface area contributed by atoms with Gasteiger partial charge in [0, 0.05) is 10.0 Å². The van der Waals surface area contributed by atoms with E-state index in [4.69, 9.17) is 9.52 Å². The average Bonchev–Trinajstić information content (AvgIpc) is 2.77. The molecular weight excluding hydrogens is 314 g/mol. The molecule has 6 heteroatoms. The number of carboxylic acid groups (broad SMARTS) is 1. The number of hydrogen-bond donors (Lipinski definition) is 2.